The second-order valence-electron chi connectivity index (χ2n) is 3.80. The summed E-state index contributed by atoms with van der Waals surface area (Å²) in [7, 11) is 0. The highest BCUT2D eigenvalue weighted by Crippen LogP contribution is 2.51. The number of rotatable bonds is 10. The van der Waals surface area contributed by atoms with Crippen molar-refractivity contribution < 1.29 is 18.3 Å². The third kappa shape index (κ3) is 5.89. The van der Waals surface area contributed by atoms with Crippen molar-refractivity contribution in [3.8, 4) is 17.1 Å². The van der Waals surface area contributed by atoms with Crippen LogP contribution in [0.2, 0.25) is 0 Å². The Kier molecular flexibility index (Phi) is 8.15. The lowest BCUT2D eigenvalue weighted by Gasteiger charge is -2.19. The first-order valence-electron chi connectivity index (χ1n) is 6.70. The van der Waals surface area contributed by atoms with E-state index in [0.717, 1.165) is 24.2 Å². The normalized spacial score (nSPS) is 11.1. The number of hydrogen-bond donors (Lipinski definition) is 0. The first-order valence-corrected chi connectivity index (χ1v) is 10.1. The molecule has 1 aromatic rings. The number of unbranched alkanes of at least 4 members (excludes halogenated alkanes) is 1. The van der Waals surface area contributed by atoms with Crippen LogP contribution in [0.15, 0.2) is 0 Å². The summed E-state index contributed by atoms with van der Waals surface area (Å²) < 4.78 is 21.8. The third-order valence-corrected chi connectivity index (χ3v) is 5.43. The molecule has 1 rings (SSSR count). The fourth-order valence-electron chi connectivity index (χ4n) is 1.30. The van der Waals surface area contributed by atoms with Gasteiger partial charge < -0.3 is 9.26 Å². The van der Waals surface area contributed by atoms with Gasteiger partial charge in [-0.2, -0.15) is 10.2 Å². The van der Waals surface area contributed by atoms with Crippen molar-refractivity contribution in [1.29, 1.82) is 5.26 Å². The van der Waals surface area contributed by atoms with Gasteiger partial charge in [-0.1, -0.05) is 24.7 Å². The summed E-state index contributed by atoms with van der Waals surface area (Å²) in [5.41, 5.74) is 0. The minimum atomic E-state index is -2.93. The van der Waals surface area contributed by atoms with Crippen LogP contribution >= 0.6 is 18.1 Å². The molecule has 6 nitrogen and oxygen atoms in total. The Balaban J connectivity index is 2.85. The van der Waals surface area contributed by atoms with Crippen molar-refractivity contribution in [3.63, 3.8) is 0 Å². The summed E-state index contributed by atoms with van der Waals surface area (Å²) in [5.74, 6) is 0.124. The Hall–Kier alpha value is -0.710. The van der Waals surface area contributed by atoms with E-state index in [1.165, 1.54) is 0 Å². The van der Waals surface area contributed by atoms with Crippen molar-refractivity contribution in [3.05, 3.63) is 4.88 Å². The summed E-state index contributed by atoms with van der Waals surface area (Å²) in [5, 5.41) is 9.53. The van der Waals surface area contributed by atoms with Gasteiger partial charge in [0.2, 0.25) is 0 Å². The monoisotopic (exact) mass is 350 g/mol. The van der Waals surface area contributed by atoms with Gasteiger partial charge in [-0.15, -0.1) is 0 Å². The van der Waals surface area contributed by atoms with Crippen LogP contribution in [-0.4, -0.2) is 24.8 Å². The third-order valence-electron chi connectivity index (χ3n) is 2.17. The maximum atomic E-state index is 9.14. The van der Waals surface area contributed by atoms with Crippen LogP contribution in [0.4, 0.5) is 0 Å². The Bertz CT molecular complexity index is 520. The number of thiazole rings is 1. The molecule has 0 aliphatic heterocycles. The quantitative estimate of drug-likeness (QED) is 0.468. The highest BCUT2D eigenvalue weighted by molar-refractivity contribution is 8.07. The zero-order valence-corrected chi connectivity index (χ0v) is 14.9. The van der Waals surface area contributed by atoms with Crippen LogP contribution in [0.1, 0.15) is 38.5 Å². The van der Waals surface area contributed by atoms with E-state index in [4.69, 9.17) is 35.4 Å². The number of nitrogens with zero attached hydrogens (tertiary/aromatic N) is 2. The fraction of sp³-hybridized carbons (Fsp3) is 0.667. The van der Waals surface area contributed by atoms with Crippen LogP contribution in [-0.2, 0) is 20.9 Å². The summed E-state index contributed by atoms with van der Waals surface area (Å²) in [6, 6.07) is 2.02. The Morgan fingerprint density at radius 2 is 1.95 bits per heavy atom. The molecule has 1 aromatic heterocycles. The first kappa shape index (κ1) is 18.3. The Labute approximate surface area is 134 Å². The molecule has 1 heterocycles. The van der Waals surface area contributed by atoms with Crippen molar-refractivity contribution in [2.45, 2.75) is 33.6 Å². The predicted octanol–water partition coefficient (Wildman–Crippen LogP) is 3.87. The molecule has 0 aromatic carbocycles. The van der Waals surface area contributed by atoms with Gasteiger partial charge in [0.05, 0.1) is 19.8 Å². The zero-order valence-electron chi connectivity index (χ0n) is 12.3. The average molecular weight is 350 g/mol. The molecule has 0 aliphatic rings. The predicted molar refractivity (Wildman–Crippen MR) is 85.4 cm³/mol. The van der Waals surface area contributed by atoms with E-state index < -0.39 is 6.72 Å². The number of hydrogen-bond acceptors (Lipinski definition) is 8. The van der Waals surface area contributed by atoms with E-state index in [1.54, 1.807) is 13.8 Å². The molecule has 0 aliphatic carbocycles. The lowest BCUT2D eigenvalue weighted by atomic mass is 10.4. The SMILES string of the molecule is CCCCOc1nc(OP(=S)(OCC)OCC)c(C#N)s1. The molecule has 9 heteroatoms. The molecular formula is C12H19N2O4PS2. The topological polar surface area (TPSA) is 73.6 Å². The molecule has 0 bridgehead atoms. The number of aromatic nitrogens is 1. The number of nitriles is 1. The molecule has 0 amide bonds. The summed E-state index contributed by atoms with van der Waals surface area (Å²) >= 11 is 6.39. The summed E-state index contributed by atoms with van der Waals surface area (Å²) in [6.45, 7) is 4.03. The van der Waals surface area contributed by atoms with E-state index in [0.29, 0.717) is 29.9 Å². The molecule has 0 saturated heterocycles. The van der Waals surface area contributed by atoms with E-state index in [9.17, 15) is 0 Å². The van der Waals surface area contributed by atoms with Gasteiger partial charge in [-0.25, -0.2) is 0 Å². The van der Waals surface area contributed by atoms with Crippen LogP contribution in [0, 0.1) is 11.3 Å². The smallest absolute Gasteiger partial charge is 0.381 e. The van der Waals surface area contributed by atoms with E-state index in [-0.39, 0.29) is 5.88 Å². The molecule has 0 spiro atoms. The molecule has 21 heavy (non-hydrogen) atoms. The van der Waals surface area contributed by atoms with Crippen molar-refractivity contribution in [1.82, 2.24) is 4.98 Å². The Morgan fingerprint density at radius 1 is 1.29 bits per heavy atom. The minimum Gasteiger partial charge on any atom is -0.470 e. The van der Waals surface area contributed by atoms with Crippen LogP contribution in [0.5, 0.6) is 11.1 Å². The van der Waals surface area contributed by atoms with Crippen LogP contribution < -0.4 is 9.26 Å². The Morgan fingerprint density at radius 3 is 2.48 bits per heavy atom. The minimum absolute atomic E-state index is 0.124. The molecule has 118 valence electrons. The van der Waals surface area contributed by atoms with Crippen molar-refractivity contribution in [2.24, 2.45) is 0 Å². The first-order chi connectivity index (χ1) is 10.1. The van der Waals surface area contributed by atoms with Gasteiger partial charge >= 0.3 is 6.72 Å². The summed E-state index contributed by atoms with van der Waals surface area (Å²) in [6.07, 6.45) is 1.95. The highest BCUT2D eigenvalue weighted by Gasteiger charge is 2.26. The van der Waals surface area contributed by atoms with Crippen molar-refractivity contribution in [2.75, 3.05) is 19.8 Å². The maximum Gasteiger partial charge on any atom is 0.381 e. The highest BCUT2D eigenvalue weighted by atomic mass is 32.5. The van der Waals surface area contributed by atoms with Gasteiger partial charge in [0, 0.05) is 11.8 Å². The lowest BCUT2D eigenvalue weighted by molar-refractivity contribution is 0.215. The molecule has 0 radical (unpaired) electrons. The lowest BCUT2D eigenvalue weighted by Crippen LogP contribution is -2.03. The fourth-order valence-corrected chi connectivity index (χ4v) is 4.03. The number of ether oxygens (including phenoxy) is 1. The zero-order chi connectivity index (χ0) is 15.7. The standard InChI is InChI=1S/C12H19N2O4PS2/c1-4-7-8-15-12-14-11(10(9-13)21-12)18-19(20,16-5-2)17-6-3/h4-8H2,1-3H3. The molecule has 0 atom stereocenters. The van der Waals surface area contributed by atoms with Gasteiger partial charge in [0.1, 0.15) is 6.07 Å². The largest absolute Gasteiger partial charge is 0.470 e. The molecule has 0 saturated carbocycles. The summed E-state index contributed by atoms with van der Waals surface area (Å²) in [4.78, 5) is 4.46. The maximum absolute atomic E-state index is 9.14. The van der Waals surface area contributed by atoms with Crippen LogP contribution in [0.25, 0.3) is 0 Å². The van der Waals surface area contributed by atoms with Crippen molar-refractivity contribution >= 4 is 29.9 Å². The van der Waals surface area contributed by atoms with Gasteiger partial charge in [-0.3, -0.25) is 9.05 Å². The van der Waals surface area contributed by atoms with E-state index in [2.05, 4.69) is 11.9 Å². The van der Waals surface area contributed by atoms with Gasteiger partial charge in [-0.05, 0) is 20.3 Å². The second-order valence-corrected chi connectivity index (χ2v) is 7.70. The molecular weight excluding hydrogens is 331 g/mol. The van der Waals surface area contributed by atoms with E-state index >= 15 is 0 Å². The molecule has 0 N–H and O–H groups in total. The molecule has 0 fully saturated rings. The average Bonchev–Trinajstić information content (AvgIpc) is 2.81. The molecule has 0 unspecified atom stereocenters. The van der Waals surface area contributed by atoms with Crippen LogP contribution in [0.3, 0.4) is 0 Å². The van der Waals surface area contributed by atoms with Gasteiger partial charge in [0.15, 0.2) is 4.88 Å². The van der Waals surface area contributed by atoms with E-state index in [1.807, 2.05) is 6.07 Å². The van der Waals surface area contributed by atoms with Gasteiger partial charge in [0.25, 0.3) is 11.1 Å². The second kappa shape index (κ2) is 9.34.